The van der Waals surface area contributed by atoms with E-state index in [2.05, 4.69) is 36.4 Å². The van der Waals surface area contributed by atoms with E-state index in [4.69, 9.17) is 25.5 Å². The Hall–Kier alpha value is -5.87. The maximum atomic E-state index is 14.5. The van der Waals surface area contributed by atoms with Crippen LogP contribution in [0.25, 0.3) is 0 Å². The molecular weight excluding hydrogens is 759 g/mol. The Kier molecular flexibility index (Phi) is 18.0. The second-order valence-electron chi connectivity index (χ2n) is 16.5. The van der Waals surface area contributed by atoms with Gasteiger partial charge >= 0.3 is 12.2 Å². The molecule has 0 aliphatic heterocycles. The minimum Gasteiger partial charge on any atom is -0.508 e. The molecule has 1 heterocycles. The number of phenolic OH excluding ortho intramolecular Hbond substituents is 1. The molecule has 3 rings (SSSR count). The van der Waals surface area contributed by atoms with Gasteiger partial charge in [0.05, 0.1) is 0 Å². The fourth-order valence-electron chi connectivity index (χ4n) is 6.13. The number of carbonyl (C=O) groups is 4. The van der Waals surface area contributed by atoms with Crippen molar-refractivity contribution in [2.75, 3.05) is 13.1 Å². The number of hydrogen-bond donors (Lipinski definition) is 7. The highest BCUT2D eigenvalue weighted by atomic mass is 16.6. The maximum absolute atomic E-state index is 14.5. The van der Waals surface area contributed by atoms with Crippen LogP contribution in [0.1, 0.15) is 120 Å². The number of nitrogens with two attached hydrogens (primary N) is 2. The number of hydrogen-bond acceptors (Lipinski definition) is 11. The molecule has 0 aliphatic carbocycles. The predicted molar refractivity (Wildman–Crippen MR) is 223 cm³/mol. The van der Waals surface area contributed by atoms with Crippen LogP contribution < -0.4 is 32.7 Å². The summed E-state index contributed by atoms with van der Waals surface area (Å²) in [6.07, 6.45) is 1.75. The van der Waals surface area contributed by atoms with Crippen LogP contribution in [-0.4, -0.2) is 81.6 Å². The monoisotopic (exact) mass is 821 g/mol. The first kappa shape index (κ1) is 47.5. The summed E-state index contributed by atoms with van der Waals surface area (Å²) in [5.74, 6) is -0.540. The number of nitrogens with one attached hydrogen (secondary N) is 4. The number of aromatic nitrogens is 2. The molecule has 59 heavy (non-hydrogen) atoms. The molecule has 0 spiro atoms. The van der Waals surface area contributed by atoms with Crippen molar-refractivity contribution in [3.8, 4) is 5.75 Å². The molecule has 0 radical (unpaired) electrons. The number of ether oxygens (including phenoxy) is 2. The molecule has 9 N–H and O–H groups in total. The SMILES string of the molecule is Cc1cc(O)cc(C)c1C[C@H](NC(=O)[C@H](CCCCN=C(N)N)NC(=O)OC(C)(C)C)C(=O)N[C@@H](CCCCNC(=O)OC(C)(C)C)c1nc(Cc2ccccc2)no1. The molecular formula is C42H63N9O8. The molecule has 4 amide bonds. The number of aliphatic imine (C=N–C) groups is 1. The van der Waals surface area contributed by atoms with E-state index in [1.54, 1.807) is 53.7 Å². The third-order valence-corrected chi connectivity index (χ3v) is 8.82. The van der Waals surface area contributed by atoms with Crippen molar-refractivity contribution in [1.29, 1.82) is 0 Å². The number of aryl methyl sites for hydroxylation is 2. The van der Waals surface area contributed by atoms with Crippen LogP contribution in [-0.2, 0) is 31.9 Å². The summed E-state index contributed by atoms with van der Waals surface area (Å²) in [6.45, 7) is 14.8. The normalized spacial score (nSPS) is 13.0. The fourth-order valence-corrected chi connectivity index (χ4v) is 6.13. The number of guanidine groups is 1. The lowest BCUT2D eigenvalue weighted by atomic mass is 9.95. The number of aromatic hydroxyl groups is 1. The first-order chi connectivity index (χ1) is 27.7. The van der Waals surface area contributed by atoms with Crippen molar-refractivity contribution in [2.45, 2.75) is 136 Å². The molecule has 0 saturated carbocycles. The first-order valence-corrected chi connectivity index (χ1v) is 20.0. The second kappa shape index (κ2) is 22.3. The van der Waals surface area contributed by atoms with Crippen molar-refractivity contribution >= 4 is 30.0 Å². The summed E-state index contributed by atoms with van der Waals surface area (Å²) < 4.78 is 16.5. The van der Waals surface area contributed by atoms with E-state index < -0.39 is 53.3 Å². The fraction of sp³-hybridized carbons (Fsp3) is 0.548. The maximum Gasteiger partial charge on any atom is 0.408 e. The van der Waals surface area contributed by atoms with Gasteiger partial charge in [0.15, 0.2) is 11.8 Å². The number of alkyl carbamates (subject to hydrolysis) is 2. The average Bonchev–Trinajstić information content (AvgIpc) is 3.58. The summed E-state index contributed by atoms with van der Waals surface area (Å²) in [6, 6.07) is 9.80. The van der Waals surface area contributed by atoms with Crippen LogP contribution in [0.4, 0.5) is 9.59 Å². The molecule has 3 atom stereocenters. The zero-order valence-corrected chi connectivity index (χ0v) is 35.6. The number of carbonyl (C=O) groups excluding carboxylic acids is 4. The van der Waals surface area contributed by atoms with E-state index in [1.165, 1.54) is 0 Å². The Bertz CT molecular complexity index is 1840. The van der Waals surface area contributed by atoms with Crippen LogP contribution in [0, 0.1) is 13.8 Å². The summed E-state index contributed by atoms with van der Waals surface area (Å²) >= 11 is 0. The number of phenols is 1. The predicted octanol–water partition coefficient (Wildman–Crippen LogP) is 4.90. The minimum atomic E-state index is -1.16. The van der Waals surface area contributed by atoms with E-state index in [1.807, 2.05) is 44.2 Å². The van der Waals surface area contributed by atoms with Gasteiger partial charge in [-0.1, -0.05) is 35.5 Å². The highest BCUT2D eigenvalue weighted by Crippen LogP contribution is 2.24. The van der Waals surface area contributed by atoms with Crippen LogP contribution in [0.15, 0.2) is 52.0 Å². The quantitative estimate of drug-likeness (QED) is 0.0456. The van der Waals surface area contributed by atoms with Gasteiger partial charge in [0.25, 0.3) is 0 Å². The Balaban J connectivity index is 1.91. The summed E-state index contributed by atoms with van der Waals surface area (Å²) in [5.41, 5.74) is 12.6. The molecule has 0 aliphatic rings. The summed E-state index contributed by atoms with van der Waals surface area (Å²) in [5, 5.41) is 25.8. The average molecular weight is 822 g/mol. The van der Waals surface area contributed by atoms with Crippen LogP contribution in [0.3, 0.4) is 0 Å². The highest BCUT2D eigenvalue weighted by molar-refractivity contribution is 5.91. The van der Waals surface area contributed by atoms with Crippen LogP contribution in [0.2, 0.25) is 0 Å². The molecule has 17 nitrogen and oxygen atoms in total. The van der Waals surface area contributed by atoms with Crippen molar-refractivity contribution in [2.24, 2.45) is 16.5 Å². The standard InChI is InChI=1S/C42H63N9O8/c1-26-22-29(52)23-27(2)30(26)25-33(48-35(53)31(18-12-14-20-45-38(43)44)49-40(56)58-42(6,7)8)36(54)47-32(19-13-15-21-46-39(55)57-41(3,4)5)37-50-34(51-59-37)24-28-16-10-9-11-17-28/h9-11,16-17,22-23,31-33,52H,12-15,18-21,24-25H2,1-8H3,(H,46,55)(H,47,54)(H,48,53)(H,49,56)(H4,43,44,45)/t31-,32-,33-/m0/s1. The van der Waals surface area contributed by atoms with Gasteiger partial charge in [-0.05, 0) is 128 Å². The van der Waals surface area contributed by atoms with Gasteiger partial charge in [-0.25, -0.2) is 9.59 Å². The van der Waals surface area contributed by atoms with Crippen molar-refractivity contribution < 1.29 is 38.3 Å². The van der Waals surface area contributed by atoms with Crippen molar-refractivity contribution in [1.82, 2.24) is 31.4 Å². The zero-order chi connectivity index (χ0) is 43.8. The van der Waals surface area contributed by atoms with Crippen LogP contribution in [0.5, 0.6) is 5.75 Å². The van der Waals surface area contributed by atoms with Gasteiger partial charge < -0.3 is 51.8 Å². The summed E-state index contributed by atoms with van der Waals surface area (Å²) in [7, 11) is 0. The molecule has 324 valence electrons. The Morgan fingerprint density at radius 3 is 2.05 bits per heavy atom. The second-order valence-corrected chi connectivity index (χ2v) is 16.5. The minimum absolute atomic E-state index is 0.0504. The molecule has 0 bridgehead atoms. The highest BCUT2D eigenvalue weighted by Gasteiger charge is 2.31. The first-order valence-electron chi connectivity index (χ1n) is 20.0. The molecule has 2 aromatic carbocycles. The molecule has 0 unspecified atom stereocenters. The lowest BCUT2D eigenvalue weighted by Gasteiger charge is -2.27. The molecule has 17 heteroatoms. The lowest BCUT2D eigenvalue weighted by molar-refractivity contribution is -0.130. The zero-order valence-electron chi connectivity index (χ0n) is 35.6. The van der Waals surface area contributed by atoms with E-state index >= 15 is 0 Å². The van der Waals surface area contributed by atoms with E-state index in [0.29, 0.717) is 68.6 Å². The smallest absolute Gasteiger partial charge is 0.408 e. The Morgan fingerprint density at radius 2 is 1.42 bits per heavy atom. The van der Waals surface area contributed by atoms with E-state index in [0.717, 1.165) is 11.1 Å². The van der Waals surface area contributed by atoms with Gasteiger partial charge in [-0.3, -0.25) is 14.6 Å². The Morgan fingerprint density at radius 1 is 0.814 bits per heavy atom. The van der Waals surface area contributed by atoms with Crippen molar-refractivity contribution in [3.63, 3.8) is 0 Å². The van der Waals surface area contributed by atoms with E-state index in [-0.39, 0.29) is 30.4 Å². The number of amides is 4. The molecule has 0 fully saturated rings. The summed E-state index contributed by atoms with van der Waals surface area (Å²) in [4.78, 5) is 62.3. The number of rotatable bonds is 20. The Labute approximate surface area is 346 Å². The van der Waals surface area contributed by atoms with E-state index in [9.17, 15) is 24.3 Å². The lowest BCUT2D eigenvalue weighted by Crippen LogP contribution is -2.55. The third kappa shape index (κ3) is 18.1. The van der Waals surface area contributed by atoms with Gasteiger partial charge in [-0.15, -0.1) is 0 Å². The van der Waals surface area contributed by atoms with Gasteiger partial charge in [0, 0.05) is 25.9 Å². The number of nitrogens with zero attached hydrogens (tertiary/aromatic N) is 3. The van der Waals surface area contributed by atoms with Crippen molar-refractivity contribution in [3.05, 3.63) is 76.4 Å². The van der Waals surface area contributed by atoms with Gasteiger partial charge in [0.1, 0.15) is 35.1 Å². The molecule has 1 aromatic heterocycles. The number of benzene rings is 2. The topological polar surface area (TPSA) is 258 Å². The van der Waals surface area contributed by atoms with Gasteiger partial charge in [-0.2, -0.15) is 4.98 Å². The third-order valence-electron chi connectivity index (χ3n) is 8.82. The van der Waals surface area contributed by atoms with Gasteiger partial charge in [0.2, 0.25) is 17.7 Å². The molecule has 3 aromatic rings. The van der Waals surface area contributed by atoms with Crippen LogP contribution >= 0.6 is 0 Å². The molecule has 0 saturated heterocycles. The number of unbranched alkanes of at least 4 members (excludes halogenated alkanes) is 2. The largest absolute Gasteiger partial charge is 0.508 e.